The molecule has 5 rings (SSSR count). The van der Waals surface area contributed by atoms with Crippen LogP contribution < -0.4 is 4.90 Å². The molecule has 2 aliphatic heterocycles. The van der Waals surface area contributed by atoms with E-state index >= 15 is 0 Å². The lowest BCUT2D eigenvalue weighted by Crippen LogP contribution is -2.39. The number of carbonyl (C=O) groups is 1. The van der Waals surface area contributed by atoms with E-state index in [-0.39, 0.29) is 11.9 Å². The maximum atomic E-state index is 13.3. The SMILES string of the molecule is CC1c2cc(N3CCCCC3)ccc2CCN1C(=O)c1cc2ccc(Cl)cn2n1. The highest BCUT2D eigenvalue weighted by atomic mass is 35.5. The first kappa shape index (κ1) is 18.5. The fourth-order valence-electron chi connectivity index (χ4n) is 4.64. The molecule has 0 saturated carbocycles. The van der Waals surface area contributed by atoms with Crippen molar-refractivity contribution < 1.29 is 4.79 Å². The minimum Gasteiger partial charge on any atom is -0.372 e. The standard InChI is InChI=1S/C23H25ClN4O/c1-16-21-13-19(26-10-3-2-4-11-26)7-5-17(21)9-12-27(16)23(29)22-14-20-8-6-18(24)15-28(20)25-22/h5-8,13-16H,2-4,9-12H2,1H3. The van der Waals surface area contributed by atoms with Crippen molar-refractivity contribution in [1.29, 1.82) is 0 Å². The zero-order valence-corrected chi connectivity index (χ0v) is 17.4. The van der Waals surface area contributed by atoms with Crippen LogP contribution in [-0.4, -0.2) is 40.1 Å². The van der Waals surface area contributed by atoms with E-state index in [1.165, 1.54) is 36.1 Å². The van der Waals surface area contributed by atoms with Crippen molar-refractivity contribution in [1.82, 2.24) is 14.5 Å². The Labute approximate surface area is 175 Å². The lowest BCUT2D eigenvalue weighted by atomic mass is 9.92. The second-order valence-electron chi connectivity index (χ2n) is 8.10. The van der Waals surface area contributed by atoms with Crippen molar-refractivity contribution in [2.45, 2.75) is 38.6 Å². The van der Waals surface area contributed by atoms with Crippen LogP contribution in [0.25, 0.3) is 5.52 Å². The summed E-state index contributed by atoms with van der Waals surface area (Å²) in [6.45, 7) is 5.09. The van der Waals surface area contributed by atoms with Gasteiger partial charge in [-0.2, -0.15) is 5.10 Å². The molecule has 1 atom stereocenters. The molecule has 150 valence electrons. The summed E-state index contributed by atoms with van der Waals surface area (Å²) in [6.07, 6.45) is 6.45. The number of anilines is 1. The summed E-state index contributed by atoms with van der Waals surface area (Å²) in [5, 5.41) is 5.06. The van der Waals surface area contributed by atoms with Gasteiger partial charge < -0.3 is 9.80 Å². The topological polar surface area (TPSA) is 40.9 Å². The van der Waals surface area contributed by atoms with Gasteiger partial charge in [-0.15, -0.1) is 0 Å². The average molecular weight is 409 g/mol. The highest BCUT2D eigenvalue weighted by molar-refractivity contribution is 6.30. The van der Waals surface area contributed by atoms with Gasteiger partial charge in [0.1, 0.15) is 0 Å². The number of amides is 1. The van der Waals surface area contributed by atoms with Gasteiger partial charge in [0.15, 0.2) is 5.69 Å². The highest BCUT2D eigenvalue weighted by Crippen LogP contribution is 2.34. The van der Waals surface area contributed by atoms with E-state index in [0.29, 0.717) is 17.3 Å². The Balaban J connectivity index is 1.43. The number of pyridine rings is 1. The molecule has 29 heavy (non-hydrogen) atoms. The fourth-order valence-corrected chi connectivity index (χ4v) is 4.80. The molecule has 0 radical (unpaired) electrons. The number of carbonyl (C=O) groups excluding carboxylic acids is 1. The third kappa shape index (κ3) is 3.38. The zero-order valence-electron chi connectivity index (χ0n) is 16.6. The van der Waals surface area contributed by atoms with Crippen molar-refractivity contribution in [2.24, 2.45) is 0 Å². The van der Waals surface area contributed by atoms with Crippen molar-refractivity contribution in [3.8, 4) is 0 Å². The third-order valence-corrected chi connectivity index (χ3v) is 6.52. The minimum absolute atomic E-state index is 0.0219. The van der Waals surface area contributed by atoms with E-state index < -0.39 is 0 Å². The smallest absolute Gasteiger partial charge is 0.274 e. The minimum atomic E-state index is -0.0219. The zero-order chi connectivity index (χ0) is 20.0. The Kier molecular flexibility index (Phi) is 4.70. The van der Waals surface area contributed by atoms with Gasteiger partial charge in [-0.05, 0) is 74.1 Å². The van der Waals surface area contributed by atoms with E-state index in [2.05, 4.69) is 35.1 Å². The van der Waals surface area contributed by atoms with E-state index in [1.807, 2.05) is 23.1 Å². The Hall–Kier alpha value is -2.53. The second kappa shape index (κ2) is 7.38. The number of halogens is 1. The van der Waals surface area contributed by atoms with Crippen LogP contribution in [0.3, 0.4) is 0 Å². The Bertz CT molecular complexity index is 1070. The molecule has 0 N–H and O–H groups in total. The molecule has 0 bridgehead atoms. The van der Waals surface area contributed by atoms with Gasteiger partial charge in [0, 0.05) is 31.5 Å². The van der Waals surface area contributed by atoms with Crippen molar-refractivity contribution in [3.05, 3.63) is 64.4 Å². The molecule has 0 spiro atoms. The number of fused-ring (bicyclic) bond motifs is 2. The van der Waals surface area contributed by atoms with Gasteiger partial charge in [-0.3, -0.25) is 4.79 Å². The largest absolute Gasteiger partial charge is 0.372 e. The first-order valence-electron chi connectivity index (χ1n) is 10.4. The number of aromatic nitrogens is 2. The van der Waals surface area contributed by atoms with Crippen LogP contribution in [0.5, 0.6) is 0 Å². The van der Waals surface area contributed by atoms with E-state index in [4.69, 9.17) is 11.6 Å². The van der Waals surface area contributed by atoms with Crippen molar-refractivity contribution in [3.63, 3.8) is 0 Å². The molecule has 1 amide bonds. The summed E-state index contributed by atoms with van der Waals surface area (Å²) in [5.41, 5.74) is 5.24. The Morgan fingerprint density at radius 3 is 2.72 bits per heavy atom. The van der Waals surface area contributed by atoms with Crippen LogP contribution in [0.1, 0.15) is 53.8 Å². The number of nitrogens with zero attached hydrogens (tertiary/aromatic N) is 4. The van der Waals surface area contributed by atoms with Crippen LogP contribution >= 0.6 is 11.6 Å². The Morgan fingerprint density at radius 2 is 1.90 bits per heavy atom. The van der Waals surface area contributed by atoms with Crippen LogP contribution in [-0.2, 0) is 6.42 Å². The number of hydrogen-bond acceptors (Lipinski definition) is 3. The second-order valence-corrected chi connectivity index (χ2v) is 8.54. The van der Waals surface area contributed by atoms with Gasteiger partial charge in [0.05, 0.1) is 16.6 Å². The molecule has 1 unspecified atom stereocenters. The lowest BCUT2D eigenvalue weighted by molar-refractivity contribution is 0.0671. The molecule has 0 aliphatic carbocycles. The molecule has 6 heteroatoms. The molecule has 3 aromatic rings. The third-order valence-electron chi connectivity index (χ3n) is 6.29. The predicted molar refractivity (Wildman–Crippen MR) is 116 cm³/mol. The number of rotatable bonds is 2. The maximum absolute atomic E-state index is 13.3. The molecular formula is C23H25ClN4O. The molecule has 2 aromatic heterocycles. The monoisotopic (exact) mass is 408 g/mol. The van der Waals surface area contributed by atoms with E-state index in [0.717, 1.165) is 25.0 Å². The number of benzene rings is 1. The molecule has 1 fully saturated rings. The van der Waals surface area contributed by atoms with Gasteiger partial charge in [-0.25, -0.2) is 4.52 Å². The van der Waals surface area contributed by atoms with Gasteiger partial charge in [0.2, 0.25) is 0 Å². The first-order valence-corrected chi connectivity index (χ1v) is 10.8. The number of hydrogen-bond donors (Lipinski definition) is 0. The normalized spacial score (nSPS) is 19.4. The van der Waals surface area contributed by atoms with E-state index in [9.17, 15) is 4.79 Å². The van der Waals surface area contributed by atoms with Gasteiger partial charge >= 0.3 is 0 Å². The number of piperidine rings is 1. The predicted octanol–water partition coefficient (Wildman–Crippen LogP) is 4.74. The van der Waals surface area contributed by atoms with Crippen molar-refractivity contribution in [2.75, 3.05) is 24.5 Å². The van der Waals surface area contributed by atoms with Crippen molar-refractivity contribution >= 4 is 28.7 Å². The highest BCUT2D eigenvalue weighted by Gasteiger charge is 2.30. The quantitative estimate of drug-likeness (QED) is 0.615. The average Bonchev–Trinajstić information content (AvgIpc) is 3.17. The van der Waals surface area contributed by atoms with Crippen LogP contribution in [0.2, 0.25) is 5.02 Å². The molecule has 5 nitrogen and oxygen atoms in total. The molecule has 1 saturated heterocycles. The van der Waals surface area contributed by atoms with E-state index in [1.54, 1.807) is 10.7 Å². The Morgan fingerprint density at radius 1 is 1.07 bits per heavy atom. The van der Waals surface area contributed by atoms with Crippen LogP contribution in [0, 0.1) is 0 Å². The summed E-state index contributed by atoms with van der Waals surface area (Å²) in [7, 11) is 0. The summed E-state index contributed by atoms with van der Waals surface area (Å²) >= 11 is 6.05. The lowest BCUT2D eigenvalue weighted by Gasteiger charge is -2.36. The van der Waals surface area contributed by atoms with Crippen LogP contribution in [0.4, 0.5) is 5.69 Å². The van der Waals surface area contributed by atoms with Gasteiger partial charge in [-0.1, -0.05) is 17.7 Å². The summed E-state index contributed by atoms with van der Waals surface area (Å²) < 4.78 is 1.67. The maximum Gasteiger partial charge on any atom is 0.274 e. The van der Waals surface area contributed by atoms with Crippen LogP contribution in [0.15, 0.2) is 42.6 Å². The summed E-state index contributed by atoms with van der Waals surface area (Å²) in [6, 6.07) is 12.4. The molecular weight excluding hydrogens is 384 g/mol. The summed E-state index contributed by atoms with van der Waals surface area (Å²) in [5.74, 6) is -0.0219. The molecule has 1 aromatic carbocycles. The fraction of sp³-hybridized carbons (Fsp3) is 0.391. The first-order chi connectivity index (χ1) is 14.1. The molecule has 4 heterocycles. The van der Waals surface area contributed by atoms with Gasteiger partial charge in [0.25, 0.3) is 5.91 Å². The molecule has 2 aliphatic rings. The summed E-state index contributed by atoms with van der Waals surface area (Å²) in [4.78, 5) is 17.7.